The first-order valence-electron chi connectivity index (χ1n) is 5.71. The lowest BCUT2D eigenvalue weighted by molar-refractivity contribution is -0.131. The molecule has 0 fully saturated rings. The molecule has 0 unspecified atom stereocenters. The minimum atomic E-state index is -1.04. The van der Waals surface area contributed by atoms with E-state index in [-0.39, 0.29) is 5.92 Å². The fraction of sp³-hybridized carbons (Fsp3) is 0.357. The highest BCUT2D eigenvalue weighted by molar-refractivity contribution is 5.91. The largest absolute Gasteiger partial charge is 0.496 e. The third-order valence-electron chi connectivity index (χ3n) is 2.43. The van der Waals surface area contributed by atoms with E-state index in [1.165, 1.54) is 25.3 Å². The molecule has 3 nitrogen and oxygen atoms in total. The molecule has 18 heavy (non-hydrogen) atoms. The molecular weight excluding hydrogens is 235 g/mol. The smallest absolute Gasteiger partial charge is 0.328 e. The van der Waals surface area contributed by atoms with E-state index in [1.807, 2.05) is 13.8 Å². The van der Waals surface area contributed by atoms with Crippen LogP contribution in [0.1, 0.15) is 25.8 Å². The van der Waals surface area contributed by atoms with Gasteiger partial charge in [-0.15, -0.1) is 0 Å². The van der Waals surface area contributed by atoms with E-state index in [9.17, 15) is 9.18 Å². The van der Waals surface area contributed by atoms with Crippen LogP contribution >= 0.6 is 0 Å². The Morgan fingerprint density at radius 1 is 1.50 bits per heavy atom. The zero-order valence-corrected chi connectivity index (χ0v) is 10.7. The molecule has 0 amide bonds. The minimum Gasteiger partial charge on any atom is -0.496 e. The summed E-state index contributed by atoms with van der Waals surface area (Å²) in [5.41, 5.74) is 1.06. The summed E-state index contributed by atoms with van der Waals surface area (Å²) in [4.78, 5) is 10.8. The van der Waals surface area contributed by atoms with E-state index >= 15 is 0 Å². The van der Waals surface area contributed by atoms with E-state index in [1.54, 1.807) is 0 Å². The van der Waals surface area contributed by atoms with Crippen LogP contribution in [0, 0.1) is 11.7 Å². The fourth-order valence-electron chi connectivity index (χ4n) is 1.77. The average Bonchev–Trinajstić information content (AvgIpc) is 2.26. The topological polar surface area (TPSA) is 46.5 Å². The third kappa shape index (κ3) is 3.87. The first kappa shape index (κ1) is 14.2. The molecule has 1 rings (SSSR count). The second-order valence-corrected chi connectivity index (χ2v) is 4.45. The Morgan fingerprint density at radius 2 is 2.17 bits per heavy atom. The van der Waals surface area contributed by atoms with Crippen LogP contribution in [-0.2, 0) is 4.79 Å². The first-order chi connectivity index (χ1) is 8.43. The van der Waals surface area contributed by atoms with Crippen molar-refractivity contribution in [2.45, 2.75) is 20.3 Å². The molecule has 0 aliphatic rings. The molecular formula is C14H17FO3. The van der Waals surface area contributed by atoms with Crippen molar-refractivity contribution in [3.8, 4) is 5.75 Å². The van der Waals surface area contributed by atoms with Crippen molar-refractivity contribution < 1.29 is 19.0 Å². The van der Waals surface area contributed by atoms with Gasteiger partial charge in [-0.1, -0.05) is 13.8 Å². The molecule has 0 aliphatic carbocycles. The van der Waals surface area contributed by atoms with Crippen molar-refractivity contribution in [3.05, 3.63) is 35.7 Å². The molecule has 0 aromatic heterocycles. The van der Waals surface area contributed by atoms with Gasteiger partial charge in [-0.05, 0) is 36.1 Å². The number of carbonyl (C=O) groups is 1. The van der Waals surface area contributed by atoms with Crippen LogP contribution in [0.2, 0.25) is 0 Å². The Balaban J connectivity index is 3.27. The lowest BCUT2D eigenvalue weighted by atomic mass is 9.95. The molecule has 0 spiro atoms. The summed E-state index contributed by atoms with van der Waals surface area (Å²) in [6, 6.07) is 4.09. The van der Waals surface area contributed by atoms with Crippen molar-refractivity contribution in [1.82, 2.24) is 0 Å². The maximum absolute atomic E-state index is 13.3. The number of hydrogen-bond acceptors (Lipinski definition) is 2. The number of aliphatic carboxylic acids is 1. The number of carboxylic acids is 1. The Labute approximate surface area is 106 Å². The van der Waals surface area contributed by atoms with Gasteiger partial charge in [0.15, 0.2) is 0 Å². The SMILES string of the molecule is COc1ccc(F)cc1/C(=C/C(=O)O)CC(C)C. The molecule has 1 aromatic rings. The van der Waals surface area contributed by atoms with Crippen LogP contribution in [0.5, 0.6) is 5.75 Å². The van der Waals surface area contributed by atoms with Gasteiger partial charge in [-0.25, -0.2) is 9.18 Å². The van der Waals surface area contributed by atoms with Crippen molar-refractivity contribution in [3.63, 3.8) is 0 Å². The molecule has 0 bridgehead atoms. The highest BCUT2D eigenvalue weighted by Gasteiger charge is 2.13. The number of methoxy groups -OCH3 is 1. The van der Waals surface area contributed by atoms with Gasteiger partial charge in [-0.3, -0.25) is 0 Å². The summed E-state index contributed by atoms with van der Waals surface area (Å²) in [5.74, 6) is -0.712. The molecule has 0 heterocycles. The maximum Gasteiger partial charge on any atom is 0.328 e. The Hall–Kier alpha value is -1.84. The highest BCUT2D eigenvalue weighted by atomic mass is 19.1. The van der Waals surface area contributed by atoms with Crippen LogP contribution in [-0.4, -0.2) is 18.2 Å². The van der Waals surface area contributed by atoms with Gasteiger partial charge in [-0.2, -0.15) is 0 Å². The number of benzene rings is 1. The molecule has 4 heteroatoms. The van der Waals surface area contributed by atoms with E-state index < -0.39 is 11.8 Å². The number of halogens is 1. The Morgan fingerprint density at radius 3 is 2.67 bits per heavy atom. The van der Waals surface area contributed by atoms with Crippen LogP contribution in [0.25, 0.3) is 5.57 Å². The summed E-state index contributed by atoms with van der Waals surface area (Å²) in [6.45, 7) is 3.95. The summed E-state index contributed by atoms with van der Waals surface area (Å²) in [5, 5.41) is 8.88. The highest BCUT2D eigenvalue weighted by Crippen LogP contribution is 2.31. The zero-order chi connectivity index (χ0) is 13.7. The summed E-state index contributed by atoms with van der Waals surface area (Å²) < 4.78 is 18.4. The van der Waals surface area contributed by atoms with Crippen molar-refractivity contribution in [2.75, 3.05) is 7.11 Å². The Bertz CT molecular complexity index is 464. The van der Waals surface area contributed by atoms with E-state index in [4.69, 9.17) is 9.84 Å². The molecule has 0 atom stereocenters. The predicted octanol–water partition coefficient (Wildman–Crippen LogP) is 3.35. The van der Waals surface area contributed by atoms with Crippen LogP contribution in [0.4, 0.5) is 4.39 Å². The average molecular weight is 252 g/mol. The van der Waals surface area contributed by atoms with Gasteiger partial charge in [0.1, 0.15) is 11.6 Å². The molecule has 0 radical (unpaired) electrons. The number of carboxylic acid groups (broad SMARTS) is 1. The van der Waals surface area contributed by atoms with E-state index in [0.29, 0.717) is 23.3 Å². The maximum atomic E-state index is 13.3. The monoisotopic (exact) mass is 252 g/mol. The van der Waals surface area contributed by atoms with Crippen molar-refractivity contribution >= 4 is 11.5 Å². The van der Waals surface area contributed by atoms with Gasteiger partial charge >= 0.3 is 5.97 Å². The van der Waals surface area contributed by atoms with Crippen LogP contribution < -0.4 is 4.74 Å². The molecule has 0 saturated heterocycles. The lowest BCUT2D eigenvalue weighted by Gasteiger charge is -2.13. The number of ether oxygens (including phenoxy) is 1. The van der Waals surface area contributed by atoms with Crippen molar-refractivity contribution in [2.24, 2.45) is 5.92 Å². The minimum absolute atomic E-state index is 0.267. The summed E-state index contributed by atoms with van der Waals surface area (Å²) >= 11 is 0. The van der Waals surface area contributed by atoms with Gasteiger partial charge in [0, 0.05) is 11.6 Å². The Kier molecular flexibility index (Phi) is 4.89. The van der Waals surface area contributed by atoms with Crippen LogP contribution in [0.15, 0.2) is 24.3 Å². The first-order valence-corrected chi connectivity index (χ1v) is 5.71. The summed E-state index contributed by atoms with van der Waals surface area (Å²) in [7, 11) is 1.48. The van der Waals surface area contributed by atoms with Crippen LogP contribution in [0.3, 0.4) is 0 Å². The van der Waals surface area contributed by atoms with E-state index in [0.717, 1.165) is 6.08 Å². The normalized spacial score (nSPS) is 11.7. The fourth-order valence-corrected chi connectivity index (χ4v) is 1.77. The predicted molar refractivity (Wildman–Crippen MR) is 68.0 cm³/mol. The van der Waals surface area contributed by atoms with E-state index in [2.05, 4.69) is 0 Å². The molecule has 1 aromatic carbocycles. The van der Waals surface area contributed by atoms with Gasteiger partial charge in [0.05, 0.1) is 7.11 Å². The summed E-state index contributed by atoms with van der Waals surface area (Å²) in [6.07, 6.45) is 1.66. The second-order valence-electron chi connectivity index (χ2n) is 4.45. The zero-order valence-electron chi connectivity index (χ0n) is 10.7. The number of rotatable bonds is 5. The van der Waals surface area contributed by atoms with Crippen molar-refractivity contribution in [1.29, 1.82) is 0 Å². The van der Waals surface area contributed by atoms with Gasteiger partial charge in [0.2, 0.25) is 0 Å². The third-order valence-corrected chi connectivity index (χ3v) is 2.43. The van der Waals surface area contributed by atoms with Gasteiger partial charge in [0.25, 0.3) is 0 Å². The quantitative estimate of drug-likeness (QED) is 0.817. The second kappa shape index (κ2) is 6.19. The molecule has 98 valence electrons. The molecule has 0 saturated carbocycles. The molecule has 0 aliphatic heterocycles. The number of allylic oxidation sites excluding steroid dienone is 1. The number of hydrogen-bond donors (Lipinski definition) is 1. The molecule has 1 N–H and O–H groups in total. The lowest BCUT2D eigenvalue weighted by Crippen LogP contribution is -2.00. The standard InChI is InChI=1S/C14H17FO3/c1-9(2)6-10(7-14(16)17)12-8-11(15)4-5-13(12)18-3/h4-5,7-9H,6H2,1-3H3,(H,16,17)/b10-7+. The van der Waals surface area contributed by atoms with Gasteiger partial charge < -0.3 is 9.84 Å².